The third-order valence-corrected chi connectivity index (χ3v) is 4.67. The Morgan fingerprint density at radius 1 is 1.00 bits per heavy atom. The molecule has 3 aromatic rings. The van der Waals surface area contributed by atoms with E-state index >= 15 is 0 Å². The minimum atomic E-state index is -1.01. The second-order valence-electron chi connectivity index (χ2n) is 6.74. The Morgan fingerprint density at radius 3 is 2.04 bits per heavy atom. The van der Waals surface area contributed by atoms with E-state index in [4.69, 9.17) is 9.84 Å². The molecule has 0 aliphatic carbocycles. The van der Waals surface area contributed by atoms with Gasteiger partial charge in [-0.1, -0.05) is 32.9 Å². The molecule has 1 heterocycles. The average molecular weight is 353 g/mol. The predicted octanol–water partition coefficient (Wildman–Crippen LogP) is 5.60. The third kappa shape index (κ3) is 4.06. The highest BCUT2D eigenvalue weighted by Gasteiger charge is 2.13. The number of hydrogen-bond acceptors (Lipinski definition) is 4. The summed E-state index contributed by atoms with van der Waals surface area (Å²) in [6.45, 7) is 6.53. The summed E-state index contributed by atoms with van der Waals surface area (Å²) in [5.74, 6) is 0.492. The predicted molar refractivity (Wildman–Crippen MR) is 99.7 cm³/mol. The topological polar surface area (TPSA) is 59.4 Å². The monoisotopic (exact) mass is 353 g/mol. The van der Waals surface area contributed by atoms with E-state index in [1.165, 1.54) is 16.9 Å². The van der Waals surface area contributed by atoms with Crippen molar-refractivity contribution in [2.24, 2.45) is 0 Å². The number of aromatic carboxylic acids is 1. The van der Waals surface area contributed by atoms with Crippen LogP contribution in [0.4, 0.5) is 0 Å². The summed E-state index contributed by atoms with van der Waals surface area (Å²) in [6.07, 6.45) is 0. The Bertz CT molecular complexity index is 875. The van der Waals surface area contributed by atoms with Gasteiger partial charge in [-0.2, -0.15) is 0 Å². The first-order valence-corrected chi connectivity index (χ1v) is 8.78. The summed E-state index contributed by atoms with van der Waals surface area (Å²) in [5, 5.41) is 11.2. The molecule has 0 atom stereocenters. The Balaban J connectivity index is 1.73. The van der Waals surface area contributed by atoms with Crippen LogP contribution in [0.2, 0.25) is 0 Å². The fourth-order valence-corrected chi connectivity index (χ4v) is 3.13. The smallest absolute Gasteiger partial charge is 0.355 e. The largest absolute Gasteiger partial charge is 0.476 e. The quantitative estimate of drug-likeness (QED) is 0.663. The number of benzene rings is 2. The van der Waals surface area contributed by atoms with Gasteiger partial charge < -0.3 is 9.84 Å². The van der Waals surface area contributed by atoms with Gasteiger partial charge in [0.2, 0.25) is 0 Å². The highest BCUT2D eigenvalue weighted by Crippen LogP contribution is 2.29. The van der Waals surface area contributed by atoms with Gasteiger partial charge >= 0.3 is 5.97 Å². The van der Waals surface area contributed by atoms with Crippen molar-refractivity contribution in [3.8, 4) is 22.1 Å². The van der Waals surface area contributed by atoms with E-state index in [0.29, 0.717) is 5.01 Å². The maximum atomic E-state index is 10.9. The van der Waals surface area contributed by atoms with Crippen molar-refractivity contribution in [3.63, 3.8) is 0 Å². The minimum absolute atomic E-state index is 0.0688. The fraction of sp³-hybridized carbons (Fsp3) is 0.200. The zero-order valence-corrected chi connectivity index (χ0v) is 15.1. The second kappa shape index (κ2) is 6.69. The van der Waals surface area contributed by atoms with Gasteiger partial charge in [0.15, 0.2) is 5.69 Å². The highest BCUT2D eigenvalue weighted by molar-refractivity contribution is 7.13. The Labute approximate surface area is 150 Å². The first-order chi connectivity index (χ1) is 11.8. The number of thiazole rings is 1. The van der Waals surface area contributed by atoms with Crippen LogP contribution in [0.25, 0.3) is 10.6 Å². The number of aromatic nitrogens is 1. The standard InChI is InChI=1S/C20H19NO3S/c1-20(2,3)14-6-10-16(11-7-14)24-15-8-4-13(5-9-15)18-21-17(12-25-18)19(22)23/h4-12H,1-3H3,(H,22,23). The molecular weight excluding hydrogens is 334 g/mol. The van der Waals surface area contributed by atoms with Crippen LogP contribution in [0.15, 0.2) is 53.9 Å². The van der Waals surface area contributed by atoms with Gasteiger partial charge in [0.25, 0.3) is 0 Å². The molecule has 0 aliphatic heterocycles. The lowest BCUT2D eigenvalue weighted by atomic mass is 9.87. The molecule has 0 radical (unpaired) electrons. The van der Waals surface area contributed by atoms with Crippen LogP contribution in [0.1, 0.15) is 36.8 Å². The molecule has 2 aromatic carbocycles. The third-order valence-electron chi connectivity index (χ3n) is 3.78. The number of rotatable bonds is 4. The molecule has 0 saturated heterocycles. The van der Waals surface area contributed by atoms with E-state index < -0.39 is 5.97 Å². The lowest BCUT2D eigenvalue weighted by Crippen LogP contribution is -2.10. The van der Waals surface area contributed by atoms with E-state index in [-0.39, 0.29) is 11.1 Å². The zero-order valence-electron chi connectivity index (χ0n) is 14.3. The van der Waals surface area contributed by atoms with Gasteiger partial charge in [-0.05, 0) is 47.4 Å². The minimum Gasteiger partial charge on any atom is -0.476 e. The number of carboxylic acids is 1. The van der Waals surface area contributed by atoms with Crippen molar-refractivity contribution in [2.75, 3.05) is 0 Å². The fourth-order valence-electron chi connectivity index (χ4n) is 2.33. The first kappa shape index (κ1) is 17.2. The van der Waals surface area contributed by atoms with Crippen molar-refractivity contribution in [1.29, 1.82) is 0 Å². The van der Waals surface area contributed by atoms with Gasteiger partial charge in [-0.25, -0.2) is 9.78 Å². The van der Waals surface area contributed by atoms with E-state index in [0.717, 1.165) is 17.1 Å². The SMILES string of the molecule is CC(C)(C)c1ccc(Oc2ccc(-c3nc(C(=O)O)cs3)cc2)cc1. The van der Waals surface area contributed by atoms with Crippen LogP contribution in [-0.2, 0) is 5.41 Å². The van der Waals surface area contributed by atoms with E-state index in [9.17, 15) is 4.79 Å². The normalized spacial score (nSPS) is 11.3. The molecule has 1 aromatic heterocycles. The molecule has 128 valence electrons. The van der Waals surface area contributed by atoms with Gasteiger partial charge in [-0.15, -0.1) is 11.3 Å². The molecule has 0 saturated carbocycles. The van der Waals surface area contributed by atoms with Gasteiger partial charge in [0.1, 0.15) is 16.5 Å². The van der Waals surface area contributed by atoms with Crippen LogP contribution >= 0.6 is 11.3 Å². The molecule has 1 N–H and O–H groups in total. The molecule has 0 spiro atoms. The number of carboxylic acid groups (broad SMARTS) is 1. The van der Waals surface area contributed by atoms with Gasteiger partial charge in [-0.3, -0.25) is 0 Å². The average Bonchev–Trinajstić information content (AvgIpc) is 3.05. The van der Waals surface area contributed by atoms with E-state index in [1.54, 1.807) is 5.38 Å². The molecule has 25 heavy (non-hydrogen) atoms. The lowest BCUT2D eigenvalue weighted by Gasteiger charge is -2.19. The summed E-state index contributed by atoms with van der Waals surface area (Å²) in [7, 11) is 0. The van der Waals surface area contributed by atoms with Crippen LogP contribution < -0.4 is 4.74 Å². The maximum Gasteiger partial charge on any atom is 0.355 e. The summed E-state index contributed by atoms with van der Waals surface area (Å²) in [4.78, 5) is 15.0. The van der Waals surface area contributed by atoms with Crippen molar-refractivity contribution in [2.45, 2.75) is 26.2 Å². The molecule has 4 nitrogen and oxygen atoms in total. The molecule has 0 bridgehead atoms. The summed E-state index contributed by atoms with van der Waals surface area (Å²) < 4.78 is 5.87. The molecule has 3 rings (SSSR count). The molecule has 5 heteroatoms. The van der Waals surface area contributed by atoms with Crippen molar-refractivity contribution in [3.05, 3.63) is 65.2 Å². The molecule has 0 aliphatic rings. The summed E-state index contributed by atoms with van der Waals surface area (Å²) in [5.41, 5.74) is 2.31. The van der Waals surface area contributed by atoms with E-state index in [2.05, 4.69) is 37.9 Å². The molecular formula is C20H19NO3S. The number of hydrogen-bond donors (Lipinski definition) is 1. The zero-order chi connectivity index (χ0) is 18.0. The summed E-state index contributed by atoms with van der Waals surface area (Å²) >= 11 is 1.31. The van der Waals surface area contributed by atoms with Crippen molar-refractivity contribution >= 4 is 17.3 Å². The van der Waals surface area contributed by atoms with Gasteiger partial charge in [0.05, 0.1) is 0 Å². The van der Waals surface area contributed by atoms with Crippen LogP contribution in [-0.4, -0.2) is 16.1 Å². The Kier molecular flexibility index (Phi) is 4.59. The molecule has 0 unspecified atom stereocenters. The number of carbonyl (C=O) groups is 1. The number of nitrogens with zero attached hydrogens (tertiary/aromatic N) is 1. The van der Waals surface area contributed by atoms with Crippen LogP contribution in [0.5, 0.6) is 11.5 Å². The van der Waals surface area contributed by atoms with Crippen molar-refractivity contribution in [1.82, 2.24) is 4.98 Å². The Morgan fingerprint density at radius 2 is 1.56 bits per heavy atom. The molecule has 0 fully saturated rings. The van der Waals surface area contributed by atoms with Crippen LogP contribution in [0.3, 0.4) is 0 Å². The van der Waals surface area contributed by atoms with Crippen molar-refractivity contribution < 1.29 is 14.6 Å². The molecule has 0 amide bonds. The van der Waals surface area contributed by atoms with E-state index in [1.807, 2.05) is 36.4 Å². The Hall–Kier alpha value is -2.66. The first-order valence-electron chi connectivity index (χ1n) is 7.90. The maximum absolute atomic E-state index is 10.9. The second-order valence-corrected chi connectivity index (χ2v) is 7.60. The lowest BCUT2D eigenvalue weighted by molar-refractivity contribution is 0.0691. The highest BCUT2D eigenvalue weighted by atomic mass is 32.1. The van der Waals surface area contributed by atoms with Crippen LogP contribution in [0, 0.1) is 0 Å². The number of ether oxygens (including phenoxy) is 1. The summed E-state index contributed by atoms with van der Waals surface area (Å²) in [6, 6.07) is 15.6. The van der Waals surface area contributed by atoms with Gasteiger partial charge in [0, 0.05) is 10.9 Å².